The van der Waals surface area contributed by atoms with Crippen LogP contribution in [0, 0.1) is 0 Å². The molecule has 0 heterocycles. The zero-order valence-electron chi connectivity index (χ0n) is 48.3. The summed E-state index contributed by atoms with van der Waals surface area (Å²) in [7, 11) is -4.74. The van der Waals surface area contributed by atoms with Gasteiger partial charge in [-0.2, -0.15) is 0 Å². The highest BCUT2D eigenvalue weighted by Gasteiger charge is 2.28. The van der Waals surface area contributed by atoms with Crippen molar-refractivity contribution in [3.63, 3.8) is 0 Å². The number of aliphatic hydroxyl groups excluding tert-OH is 1. The molecule has 0 aromatic heterocycles. The van der Waals surface area contributed by atoms with Crippen LogP contribution in [0.1, 0.15) is 316 Å². The van der Waals surface area contributed by atoms with Crippen molar-refractivity contribution in [2.24, 2.45) is 0 Å². The molecule has 11 nitrogen and oxygen atoms in total. The highest BCUT2D eigenvalue weighted by Crippen LogP contribution is 2.43. The van der Waals surface area contributed by atoms with E-state index in [-0.39, 0.29) is 25.9 Å². The van der Waals surface area contributed by atoms with Crippen LogP contribution in [0.15, 0.2) is 24.3 Å². The van der Waals surface area contributed by atoms with Crippen molar-refractivity contribution in [3.8, 4) is 0 Å². The zero-order chi connectivity index (χ0) is 54.1. The van der Waals surface area contributed by atoms with E-state index in [4.69, 9.17) is 23.3 Å². The van der Waals surface area contributed by atoms with Crippen molar-refractivity contribution in [1.29, 1.82) is 0 Å². The summed E-state index contributed by atoms with van der Waals surface area (Å²) in [6, 6.07) is 0. The molecule has 74 heavy (non-hydrogen) atoms. The molecule has 12 heteroatoms. The third-order valence-corrected chi connectivity index (χ3v) is 14.8. The van der Waals surface area contributed by atoms with Crippen molar-refractivity contribution in [3.05, 3.63) is 24.3 Å². The lowest BCUT2D eigenvalue weighted by Crippen LogP contribution is -2.30. The first-order chi connectivity index (χ1) is 36.2. The molecule has 0 saturated carbocycles. The number of carbonyl (C=O) groups excluding carboxylic acids is 3. The molecule has 0 aromatic rings. The second kappa shape index (κ2) is 57.1. The highest BCUT2D eigenvalue weighted by atomic mass is 31.2. The molecule has 0 bridgehead atoms. The predicted octanol–water partition coefficient (Wildman–Crippen LogP) is 18.6. The van der Waals surface area contributed by atoms with Crippen LogP contribution >= 0.6 is 7.82 Å². The van der Waals surface area contributed by atoms with Crippen LogP contribution in [0.25, 0.3) is 0 Å². The van der Waals surface area contributed by atoms with E-state index in [1.165, 1.54) is 173 Å². The Morgan fingerprint density at radius 3 is 0.973 bits per heavy atom. The van der Waals surface area contributed by atoms with Crippen LogP contribution in [-0.4, -0.2) is 66.5 Å². The number of hydrogen-bond donors (Lipinski definition) is 2. The van der Waals surface area contributed by atoms with Gasteiger partial charge in [0.2, 0.25) is 0 Å². The van der Waals surface area contributed by atoms with E-state index in [1.807, 2.05) is 0 Å². The third-order valence-electron chi connectivity index (χ3n) is 13.8. The zero-order valence-corrected chi connectivity index (χ0v) is 49.2. The summed E-state index contributed by atoms with van der Waals surface area (Å²) < 4.78 is 39.6. The third kappa shape index (κ3) is 54.7. The number of allylic oxidation sites excluding steroid dienone is 4. The van der Waals surface area contributed by atoms with Gasteiger partial charge in [-0.15, -0.1) is 0 Å². The van der Waals surface area contributed by atoms with Crippen molar-refractivity contribution >= 4 is 25.7 Å². The van der Waals surface area contributed by atoms with Gasteiger partial charge in [-0.25, -0.2) is 4.57 Å². The van der Waals surface area contributed by atoms with Gasteiger partial charge in [-0.05, 0) is 64.2 Å². The Kier molecular flexibility index (Phi) is 55.6. The van der Waals surface area contributed by atoms with Crippen LogP contribution in [0.4, 0.5) is 0 Å². The lowest BCUT2D eigenvalue weighted by molar-refractivity contribution is -0.161. The molecule has 0 fully saturated rings. The molecule has 3 atom stereocenters. The molecule has 0 aliphatic rings. The molecular weight excluding hydrogens is 952 g/mol. The monoisotopic (exact) mass is 1070 g/mol. The van der Waals surface area contributed by atoms with Gasteiger partial charge in [0.1, 0.15) is 12.7 Å². The van der Waals surface area contributed by atoms with Gasteiger partial charge in [0.05, 0.1) is 19.8 Å². The molecule has 0 spiro atoms. The van der Waals surface area contributed by atoms with Gasteiger partial charge in [-0.3, -0.25) is 23.4 Å². The fourth-order valence-electron chi connectivity index (χ4n) is 9.04. The van der Waals surface area contributed by atoms with Crippen molar-refractivity contribution in [2.75, 3.05) is 26.4 Å². The summed E-state index contributed by atoms with van der Waals surface area (Å²) in [4.78, 5) is 48.6. The van der Waals surface area contributed by atoms with Crippen LogP contribution in [0.2, 0.25) is 0 Å². The standard InChI is InChI=1S/C62H117O11P/c1-4-7-10-13-16-19-22-24-26-28-29-31-32-34-37-39-42-45-48-51-60(64)69-55-59(73-62(66)53-50-47-44-41-38-35-33-30-27-25-23-20-17-14-11-8-5-2)57-71-74(67,68)70-56-58(54-63)72-61(65)52-49-46-43-40-36-21-18-15-12-9-6-3/h15,18,25,27,58-59,63H,4-14,16-17,19-24,26,28-57H2,1-3H3,(H,67,68)/b18-15-,27-25-. The topological polar surface area (TPSA) is 155 Å². The Morgan fingerprint density at radius 1 is 0.365 bits per heavy atom. The van der Waals surface area contributed by atoms with Crippen LogP contribution in [0.5, 0.6) is 0 Å². The van der Waals surface area contributed by atoms with E-state index in [1.54, 1.807) is 0 Å². The molecule has 0 aromatic carbocycles. The number of ether oxygens (including phenoxy) is 3. The molecule has 0 aliphatic carbocycles. The molecule has 0 radical (unpaired) electrons. The first-order valence-electron chi connectivity index (χ1n) is 31.2. The first-order valence-corrected chi connectivity index (χ1v) is 32.7. The van der Waals surface area contributed by atoms with Crippen molar-refractivity contribution in [1.82, 2.24) is 0 Å². The first kappa shape index (κ1) is 72.0. The Bertz CT molecular complexity index is 1340. The maximum Gasteiger partial charge on any atom is 0.472 e. The average Bonchev–Trinajstić information content (AvgIpc) is 3.39. The van der Waals surface area contributed by atoms with E-state index in [9.17, 15) is 28.9 Å². The van der Waals surface area contributed by atoms with Crippen molar-refractivity contribution in [2.45, 2.75) is 328 Å². The number of aliphatic hydroxyl groups is 1. The van der Waals surface area contributed by atoms with E-state index >= 15 is 0 Å². The average molecular weight is 1070 g/mol. The SMILES string of the molecule is CCCC/C=C\CCCCCCCC(=O)OC(CO)COP(=O)(O)OCC(COC(=O)CCCCCCCCCCCCCCCCCCCCC)OC(=O)CCCCCCCCC/C=C\CCCCCCCC. The number of esters is 3. The Balaban J connectivity index is 4.66. The van der Waals surface area contributed by atoms with Gasteiger partial charge in [0.15, 0.2) is 6.10 Å². The maximum atomic E-state index is 12.9. The normalized spacial score (nSPS) is 13.4. The number of rotatable bonds is 59. The number of phosphoric ester groups is 1. The summed E-state index contributed by atoms with van der Waals surface area (Å²) in [5.74, 6) is -1.45. The smallest absolute Gasteiger partial charge is 0.462 e. The molecule has 3 unspecified atom stereocenters. The van der Waals surface area contributed by atoms with Gasteiger partial charge >= 0.3 is 25.7 Å². The van der Waals surface area contributed by atoms with E-state index in [0.717, 1.165) is 83.5 Å². The number of hydrogen-bond acceptors (Lipinski definition) is 10. The van der Waals surface area contributed by atoms with E-state index < -0.39 is 57.8 Å². The van der Waals surface area contributed by atoms with Gasteiger partial charge in [0.25, 0.3) is 0 Å². The summed E-state index contributed by atoms with van der Waals surface area (Å²) in [6.45, 7) is 4.65. The van der Waals surface area contributed by atoms with Crippen LogP contribution < -0.4 is 0 Å². The summed E-state index contributed by atoms with van der Waals surface area (Å²) >= 11 is 0. The predicted molar refractivity (Wildman–Crippen MR) is 307 cm³/mol. The molecule has 2 N–H and O–H groups in total. The molecule has 0 saturated heterocycles. The lowest BCUT2D eigenvalue weighted by atomic mass is 10.0. The van der Waals surface area contributed by atoms with Crippen LogP contribution in [0.3, 0.4) is 0 Å². The molecule has 436 valence electrons. The second-order valence-electron chi connectivity index (χ2n) is 21.2. The van der Waals surface area contributed by atoms with Gasteiger partial charge in [-0.1, -0.05) is 257 Å². The van der Waals surface area contributed by atoms with Gasteiger partial charge < -0.3 is 24.2 Å². The van der Waals surface area contributed by atoms with E-state index in [2.05, 4.69) is 45.1 Å². The summed E-state index contributed by atoms with van der Waals surface area (Å²) in [5, 5.41) is 9.80. The van der Waals surface area contributed by atoms with Crippen molar-refractivity contribution < 1.29 is 52.2 Å². The van der Waals surface area contributed by atoms with E-state index in [0.29, 0.717) is 19.3 Å². The quantitative estimate of drug-likeness (QED) is 0.0197. The highest BCUT2D eigenvalue weighted by molar-refractivity contribution is 7.47. The Morgan fingerprint density at radius 2 is 0.635 bits per heavy atom. The minimum Gasteiger partial charge on any atom is -0.462 e. The largest absolute Gasteiger partial charge is 0.472 e. The summed E-state index contributed by atoms with van der Waals surface area (Å²) in [5.41, 5.74) is 0. The minimum absolute atomic E-state index is 0.167. The fraction of sp³-hybridized carbons (Fsp3) is 0.887. The minimum atomic E-state index is -4.74. The molecule has 0 rings (SSSR count). The molecular formula is C62H117O11P. The molecule has 0 amide bonds. The van der Waals surface area contributed by atoms with Gasteiger partial charge in [0, 0.05) is 19.3 Å². The number of carbonyl (C=O) groups is 3. The second-order valence-corrected chi connectivity index (χ2v) is 22.7. The fourth-order valence-corrected chi connectivity index (χ4v) is 9.82. The Labute approximate surface area is 455 Å². The summed E-state index contributed by atoms with van der Waals surface area (Å²) in [6.07, 6.45) is 58.5. The van der Waals surface area contributed by atoms with Crippen LogP contribution in [-0.2, 0) is 42.2 Å². The maximum absolute atomic E-state index is 12.9. The lowest BCUT2D eigenvalue weighted by Gasteiger charge is -2.21. The molecule has 0 aliphatic heterocycles. The number of phosphoric acid groups is 1. The number of unbranched alkanes of at least 4 members (excludes halogenated alkanes) is 38. The Hall–Kier alpha value is -2.04.